The first-order chi connectivity index (χ1) is 34.0. The standard InChI is InChI=1S/C65H44N2OS/c1-65(2)56-26-12-9-22-48(56)49-35-33-45(39-57(49)65)66(43-19-7-4-8-20-43)44-32-31-42-37-55-51-36-34-46(40-62(51)69-61-30-16-24-52(63(55)61)54(42)38-44)67(58-27-13-10-21-47(58)41-17-5-3-6-18-41)59-28-15-25-53-50-23-11-14-29-60(50)68-64(53)59/h3-40H,1-2H3. The highest BCUT2D eigenvalue weighted by Crippen LogP contribution is 2.54. The van der Waals surface area contributed by atoms with Crippen LogP contribution in [0.2, 0.25) is 0 Å². The lowest BCUT2D eigenvalue weighted by molar-refractivity contribution is 0.660. The van der Waals surface area contributed by atoms with Crippen molar-refractivity contribution in [3.05, 3.63) is 242 Å². The zero-order chi connectivity index (χ0) is 45.8. The van der Waals surface area contributed by atoms with Crippen molar-refractivity contribution in [3.8, 4) is 33.4 Å². The Balaban J connectivity index is 0.917. The van der Waals surface area contributed by atoms with E-state index >= 15 is 0 Å². The van der Waals surface area contributed by atoms with Crippen molar-refractivity contribution < 1.29 is 4.42 Å². The summed E-state index contributed by atoms with van der Waals surface area (Å²) < 4.78 is 6.75. The van der Waals surface area contributed by atoms with Crippen LogP contribution in [0, 0.1) is 0 Å². The van der Waals surface area contributed by atoms with Crippen LogP contribution < -0.4 is 9.80 Å². The summed E-state index contributed by atoms with van der Waals surface area (Å²) >= 11 is 1.86. The molecular weight excluding hydrogens is 857 g/mol. The SMILES string of the molecule is CC1(C)c2ccccc2-c2ccc(N(c3ccccc3)c3ccc4cc5c6c(cccc6c4c3)Sc3cc(N(c4ccccc4-c4ccccc4)c4cccc6c4oc4ccccc46)ccc3-5)cc21. The van der Waals surface area contributed by atoms with Crippen molar-refractivity contribution in [3.63, 3.8) is 0 Å². The number of hydrogen-bond acceptors (Lipinski definition) is 4. The van der Waals surface area contributed by atoms with Crippen molar-refractivity contribution in [2.75, 3.05) is 9.80 Å². The average Bonchev–Trinajstić information content (AvgIpc) is 3.89. The van der Waals surface area contributed by atoms with Crippen LogP contribution in [0.1, 0.15) is 25.0 Å². The minimum atomic E-state index is -0.104. The van der Waals surface area contributed by atoms with Gasteiger partial charge in [0.1, 0.15) is 5.58 Å². The van der Waals surface area contributed by atoms with Crippen LogP contribution in [-0.2, 0) is 5.41 Å². The van der Waals surface area contributed by atoms with Gasteiger partial charge in [-0.2, -0.15) is 0 Å². The molecule has 0 radical (unpaired) electrons. The molecule has 1 aliphatic carbocycles. The molecule has 0 amide bonds. The predicted octanol–water partition coefficient (Wildman–Crippen LogP) is 18.9. The highest BCUT2D eigenvalue weighted by atomic mass is 32.2. The number of fused-ring (bicyclic) bond motifs is 10. The molecule has 1 aromatic heterocycles. The van der Waals surface area contributed by atoms with Crippen LogP contribution >= 0.6 is 11.8 Å². The maximum atomic E-state index is 6.75. The third-order valence-corrected chi connectivity index (χ3v) is 15.7. The Morgan fingerprint density at radius 2 is 1.01 bits per heavy atom. The van der Waals surface area contributed by atoms with Crippen molar-refractivity contribution in [1.82, 2.24) is 0 Å². The first-order valence-corrected chi connectivity index (χ1v) is 24.6. The minimum Gasteiger partial charge on any atom is -0.454 e. The van der Waals surface area contributed by atoms with Gasteiger partial charge in [-0.25, -0.2) is 0 Å². The van der Waals surface area contributed by atoms with E-state index in [9.17, 15) is 0 Å². The summed E-state index contributed by atoms with van der Waals surface area (Å²) in [7, 11) is 0. The fourth-order valence-corrected chi connectivity index (χ4v) is 12.6. The summed E-state index contributed by atoms with van der Waals surface area (Å²) in [5.41, 5.74) is 18.4. The Bertz CT molecular complexity index is 4040. The van der Waals surface area contributed by atoms with Crippen LogP contribution in [-0.4, -0.2) is 0 Å². The molecule has 14 rings (SSSR count). The van der Waals surface area contributed by atoms with Crippen LogP contribution in [0.3, 0.4) is 0 Å². The quantitative estimate of drug-likeness (QED) is 0.148. The van der Waals surface area contributed by atoms with Gasteiger partial charge in [0, 0.05) is 59.7 Å². The summed E-state index contributed by atoms with van der Waals surface area (Å²) in [5, 5.41) is 7.23. The van der Waals surface area contributed by atoms with E-state index in [0.29, 0.717) is 0 Å². The summed E-state index contributed by atoms with van der Waals surface area (Å²) in [5.74, 6) is 0. The van der Waals surface area contributed by atoms with Crippen LogP contribution in [0.5, 0.6) is 0 Å². The zero-order valence-corrected chi connectivity index (χ0v) is 39.0. The van der Waals surface area contributed by atoms with Gasteiger partial charge in [0.05, 0.1) is 11.4 Å². The minimum absolute atomic E-state index is 0.104. The molecule has 69 heavy (non-hydrogen) atoms. The van der Waals surface area contributed by atoms with Crippen LogP contribution in [0.15, 0.2) is 245 Å². The second-order valence-corrected chi connectivity index (χ2v) is 19.9. The number of nitrogens with zero attached hydrogens (tertiary/aromatic N) is 2. The number of benzene rings is 11. The molecule has 3 nitrogen and oxygen atoms in total. The molecule has 4 heteroatoms. The van der Waals surface area contributed by atoms with Crippen molar-refractivity contribution >= 4 is 89.4 Å². The van der Waals surface area contributed by atoms with E-state index in [1.165, 1.54) is 64.7 Å². The maximum Gasteiger partial charge on any atom is 0.159 e. The lowest BCUT2D eigenvalue weighted by Crippen LogP contribution is -2.16. The molecule has 326 valence electrons. The average molecular weight is 901 g/mol. The second kappa shape index (κ2) is 15.4. The monoisotopic (exact) mass is 900 g/mol. The van der Waals surface area contributed by atoms with E-state index in [1.807, 2.05) is 17.8 Å². The molecule has 0 saturated carbocycles. The number of anilines is 6. The molecule has 0 bridgehead atoms. The number of rotatable bonds is 7. The predicted molar refractivity (Wildman–Crippen MR) is 291 cm³/mol. The smallest absolute Gasteiger partial charge is 0.159 e. The third kappa shape index (κ3) is 6.15. The Kier molecular flexibility index (Phi) is 8.87. The topological polar surface area (TPSA) is 19.6 Å². The number of hydrogen-bond donors (Lipinski definition) is 0. The van der Waals surface area contributed by atoms with E-state index in [1.54, 1.807) is 0 Å². The Hall–Kier alpha value is -8.31. The van der Waals surface area contributed by atoms with Crippen molar-refractivity contribution in [2.45, 2.75) is 29.1 Å². The number of furan rings is 1. The van der Waals surface area contributed by atoms with E-state index in [0.717, 1.165) is 67.2 Å². The Morgan fingerprint density at radius 3 is 1.88 bits per heavy atom. The van der Waals surface area contributed by atoms with E-state index in [-0.39, 0.29) is 5.41 Å². The van der Waals surface area contributed by atoms with Gasteiger partial charge >= 0.3 is 0 Å². The Morgan fingerprint density at radius 1 is 0.377 bits per heavy atom. The Labute approximate surface area is 405 Å². The molecule has 12 aromatic rings. The van der Waals surface area contributed by atoms with Crippen molar-refractivity contribution in [1.29, 1.82) is 0 Å². The molecule has 0 fully saturated rings. The van der Waals surface area contributed by atoms with Gasteiger partial charge in [0.25, 0.3) is 0 Å². The molecule has 0 spiro atoms. The largest absolute Gasteiger partial charge is 0.454 e. The molecule has 11 aromatic carbocycles. The first kappa shape index (κ1) is 39.8. The lowest BCUT2D eigenvalue weighted by Gasteiger charge is -2.30. The molecule has 0 atom stereocenters. The van der Waals surface area contributed by atoms with E-state index < -0.39 is 0 Å². The molecule has 1 aliphatic heterocycles. The molecule has 2 heterocycles. The molecule has 0 unspecified atom stereocenters. The van der Waals surface area contributed by atoms with E-state index in [2.05, 4.69) is 248 Å². The maximum absolute atomic E-state index is 6.75. The molecule has 2 aliphatic rings. The second-order valence-electron chi connectivity index (χ2n) is 18.8. The zero-order valence-electron chi connectivity index (χ0n) is 38.2. The van der Waals surface area contributed by atoms with Gasteiger partial charge in [0.2, 0.25) is 0 Å². The number of para-hydroxylation sites is 4. The van der Waals surface area contributed by atoms with Gasteiger partial charge in [0.15, 0.2) is 5.58 Å². The van der Waals surface area contributed by atoms with Crippen LogP contribution in [0.4, 0.5) is 34.1 Å². The van der Waals surface area contributed by atoms with Crippen molar-refractivity contribution in [2.24, 2.45) is 0 Å². The van der Waals surface area contributed by atoms with Gasteiger partial charge < -0.3 is 14.2 Å². The van der Waals surface area contributed by atoms with Gasteiger partial charge in [-0.3, -0.25) is 0 Å². The summed E-state index contributed by atoms with van der Waals surface area (Å²) in [6, 6.07) is 84.3. The normalized spacial score (nSPS) is 13.1. The van der Waals surface area contributed by atoms with E-state index in [4.69, 9.17) is 4.42 Å². The van der Waals surface area contributed by atoms with Gasteiger partial charge in [-0.05, 0) is 134 Å². The third-order valence-electron chi connectivity index (χ3n) is 14.6. The van der Waals surface area contributed by atoms with Gasteiger partial charge in [-0.1, -0.05) is 177 Å². The summed E-state index contributed by atoms with van der Waals surface area (Å²) in [6.45, 7) is 4.72. The summed E-state index contributed by atoms with van der Waals surface area (Å²) in [4.78, 5) is 7.30. The highest BCUT2D eigenvalue weighted by molar-refractivity contribution is 7.99. The fraction of sp³-hybridized carbons (Fsp3) is 0.0462. The molecular formula is C65H44N2OS. The fourth-order valence-electron chi connectivity index (χ4n) is 11.4. The van der Waals surface area contributed by atoms with Crippen LogP contribution in [0.25, 0.3) is 76.9 Å². The first-order valence-electron chi connectivity index (χ1n) is 23.7. The molecule has 0 N–H and O–H groups in total. The van der Waals surface area contributed by atoms with Gasteiger partial charge in [-0.15, -0.1) is 0 Å². The highest BCUT2D eigenvalue weighted by Gasteiger charge is 2.36. The molecule has 0 saturated heterocycles. The lowest BCUT2D eigenvalue weighted by atomic mass is 9.82. The summed E-state index contributed by atoms with van der Waals surface area (Å²) in [6.07, 6.45) is 0.